The van der Waals surface area contributed by atoms with E-state index in [4.69, 9.17) is 5.26 Å². The smallest absolute Gasteiger partial charge is 0.148 e. The molecule has 2 nitrogen and oxygen atoms in total. The average Bonchev–Trinajstić information content (AvgIpc) is 2.39. The summed E-state index contributed by atoms with van der Waals surface area (Å²) in [5, 5.41) is 9.80. The van der Waals surface area contributed by atoms with Crippen LogP contribution in [0, 0.1) is 11.3 Å². The number of nitrogens with zero attached hydrogens (tertiary/aromatic N) is 2. The second-order valence-corrected chi connectivity index (χ2v) is 3.90. The average molecular weight is 273 g/mol. The Morgan fingerprint density at radius 1 is 1.19 bits per heavy atom. The third kappa shape index (κ3) is 2.12. The summed E-state index contributed by atoms with van der Waals surface area (Å²) in [6, 6.07) is 14.0. The SMILES string of the molecule is N#Cc1ncccc1-c1ccc(CBr)cc1. The van der Waals surface area contributed by atoms with Gasteiger partial charge in [0.15, 0.2) is 0 Å². The summed E-state index contributed by atoms with van der Waals surface area (Å²) in [5.41, 5.74) is 3.58. The maximum absolute atomic E-state index is 8.96. The van der Waals surface area contributed by atoms with E-state index in [0.29, 0.717) is 5.69 Å². The van der Waals surface area contributed by atoms with E-state index in [2.05, 4.69) is 27.0 Å². The Morgan fingerprint density at radius 2 is 1.94 bits per heavy atom. The number of hydrogen-bond donors (Lipinski definition) is 0. The van der Waals surface area contributed by atoms with Crippen LogP contribution >= 0.6 is 15.9 Å². The zero-order chi connectivity index (χ0) is 11.4. The largest absolute Gasteiger partial charge is 0.245 e. The Labute approximate surface area is 103 Å². The van der Waals surface area contributed by atoms with Crippen molar-refractivity contribution < 1.29 is 0 Å². The Kier molecular flexibility index (Phi) is 3.33. The fourth-order valence-electron chi connectivity index (χ4n) is 1.50. The van der Waals surface area contributed by atoms with Gasteiger partial charge in [-0.3, -0.25) is 0 Å². The van der Waals surface area contributed by atoms with E-state index in [1.807, 2.05) is 36.4 Å². The fourth-order valence-corrected chi connectivity index (χ4v) is 1.87. The molecule has 0 radical (unpaired) electrons. The number of nitriles is 1. The van der Waals surface area contributed by atoms with Gasteiger partial charge < -0.3 is 0 Å². The molecule has 78 valence electrons. The lowest BCUT2D eigenvalue weighted by Gasteiger charge is -2.03. The predicted octanol–water partition coefficient (Wildman–Crippen LogP) is 3.52. The summed E-state index contributed by atoms with van der Waals surface area (Å²) >= 11 is 3.40. The second-order valence-electron chi connectivity index (χ2n) is 3.34. The Morgan fingerprint density at radius 3 is 2.56 bits per heavy atom. The van der Waals surface area contributed by atoms with Crippen LogP contribution in [0.1, 0.15) is 11.3 Å². The molecule has 0 aliphatic heterocycles. The van der Waals surface area contributed by atoms with Crippen LogP contribution in [0.25, 0.3) is 11.1 Å². The number of hydrogen-bond acceptors (Lipinski definition) is 2. The van der Waals surface area contributed by atoms with Gasteiger partial charge in [-0.05, 0) is 23.3 Å². The van der Waals surface area contributed by atoms with Gasteiger partial charge in [-0.15, -0.1) is 0 Å². The molecule has 16 heavy (non-hydrogen) atoms. The first-order valence-corrected chi connectivity index (χ1v) is 5.97. The zero-order valence-electron chi connectivity index (χ0n) is 8.52. The molecule has 0 bridgehead atoms. The van der Waals surface area contributed by atoms with Crippen LogP contribution in [0.5, 0.6) is 0 Å². The number of aromatic nitrogens is 1. The van der Waals surface area contributed by atoms with Crippen LogP contribution in [0.4, 0.5) is 0 Å². The van der Waals surface area contributed by atoms with E-state index in [-0.39, 0.29) is 0 Å². The number of alkyl halides is 1. The van der Waals surface area contributed by atoms with E-state index in [0.717, 1.165) is 16.5 Å². The molecule has 0 N–H and O–H groups in total. The molecule has 0 saturated carbocycles. The summed E-state index contributed by atoms with van der Waals surface area (Å²) in [7, 11) is 0. The summed E-state index contributed by atoms with van der Waals surface area (Å²) in [5.74, 6) is 0. The lowest BCUT2D eigenvalue weighted by atomic mass is 10.0. The molecular formula is C13H9BrN2. The molecule has 0 spiro atoms. The Balaban J connectivity index is 2.47. The predicted molar refractivity (Wildman–Crippen MR) is 67.0 cm³/mol. The van der Waals surface area contributed by atoms with Crippen LogP contribution in [0.15, 0.2) is 42.6 Å². The minimum Gasteiger partial charge on any atom is -0.245 e. The third-order valence-corrected chi connectivity index (χ3v) is 2.98. The van der Waals surface area contributed by atoms with E-state index in [1.54, 1.807) is 6.20 Å². The first-order valence-electron chi connectivity index (χ1n) is 4.85. The number of pyridine rings is 1. The molecule has 0 fully saturated rings. The molecule has 0 aliphatic carbocycles. The first-order chi connectivity index (χ1) is 7.85. The highest BCUT2D eigenvalue weighted by Gasteiger charge is 2.04. The van der Waals surface area contributed by atoms with Crippen molar-refractivity contribution in [1.82, 2.24) is 4.98 Å². The normalized spacial score (nSPS) is 9.75. The molecule has 3 heteroatoms. The van der Waals surface area contributed by atoms with Gasteiger partial charge in [0.25, 0.3) is 0 Å². The van der Waals surface area contributed by atoms with Crippen molar-refractivity contribution in [3.63, 3.8) is 0 Å². The van der Waals surface area contributed by atoms with E-state index < -0.39 is 0 Å². The standard InChI is InChI=1S/C13H9BrN2/c14-8-10-3-5-11(6-4-10)12-2-1-7-16-13(12)9-15/h1-7H,8H2. The summed E-state index contributed by atoms with van der Waals surface area (Å²) in [4.78, 5) is 4.05. The molecule has 2 rings (SSSR count). The minimum atomic E-state index is 0.467. The Hall–Kier alpha value is -1.66. The van der Waals surface area contributed by atoms with Crippen molar-refractivity contribution >= 4 is 15.9 Å². The van der Waals surface area contributed by atoms with Crippen LogP contribution < -0.4 is 0 Å². The molecule has 0 unspecified atom stereocenters. The van der Waals surface area contributed by atoms with Gasteiger partial charge in [0.05, 0.1) is 0 Å². The molecule has 0 aliphatic rings. The zero-order valence-corrected chi connectivity index (χ0v) is 10.1. The lowest BCUT2D eigenvalue weighted by Crippen LogP contribution is -1.88. The monoisotopic (exact) mass is 272 g/mol. The third-order valence-electron chi connectivity index (χ3n) is 2.33. The van der Waals surface area contributed by atoms with Gasteiger partial charge in [0.2, 0.25) is 0 Å². The van der Waals surface area contributed by atoms with Crippen molar-refractivity contribution in [3.05, 3.63) is 53.9 Å². The van der Waals surface area contributed by atoms with E-state index >= 15 is 0 Å². The van der Waals surface area contributed by atoms with Crippen molar-refractivity contribution in [2.45, 2.75) is 5.33 Å². The summed E-state index contributed by atoms with van der Waals surface area (Å²) < 4.78 is 0. The van der Waals surface area contributed by atoms with Gasteiger partial charge >= 0.3 is 0 Å². The van der Waals surface area contributed by atoms with Crippen LogP contribution in [-0.2, 0) is 5.33 Å². The minimum absolute atomic E-state index is 0.467. The van der Waals surface area contributed by atoms with E-state index in [1.165, 1.54) is 5.56 Å². The molecule has 1 aromatic heterocycles. The topological polar surface area (TPSA) is 36.7 Å². The highest BCUT2D eigenvalue weighted by Crippen LogP contribution is 2.22. The number of benzene rings is 1. The van der Waals surface area contributed by atoms with Gasteiger partial charge in [-0.2, -0.15) is 5.26 Å². The summed E-state index contributed by atoms with van der Waals surface area (Å²) in [6.07, 6.45) is 1.63. The van der Waals surface area contributed by atoms with Gasteiger partial charge in [0.1, 0.15) is 11.8 Å². The van der Waals surface area contributed by atoms with Crippen LogP contribution in [0.3, 0.4) is 0 Å². The molecule has 0 amide bonds. The van der Waals surface area contributed by atoms with Crippen molar-refractivity contribution in [2.75, 3.05) is 0 Å². The van der Waals surface area contributed by atoms with Crippen molar-refractivity contribution in [2.24, 2.45) is 0 Å². The quantitative estimate of drug-likeness (QED) is 0.785. The van der Waals surface area contributed by atoms with Crippen molar-refractivity contribution in [3.8, 4) is 17.2 Å². The molecule has 0 saturated heterocycles. The highest BCUT2D eigenvalue weighted by atomic mass is 79.9. The van der Waals surface area contributed by atoms with Crippen LogP contribution in [0.2, 0.25) is 0 Å². The molecule has 0 atom stereocenters. The second kappa shape index (κ2) is 4.91. The lowest BCUT2D eigenvalue weighted by molar-refractivity contribution is 1.26. The van der Waals surface area contributed by atoms with Crippen LogP contribution in [-0.4, -0.2) is 4.98 Å². The van der Waals surface area contributed by atoms with Crippen molar-refractivity contribution in [1.29, 1.82) is 5.26 Å². The summed E-state index contributed by atoms with van der Waals surface area (Å²) in [6.45, 7) is 0. The van der Waals surface area contributed by atoms with E-state index in [9.17, 15) is 0 Å². The number of halogens is 1. The molecule has 1 aromatic carbocycles. The molecule has 1 heterocycles. The van der Waals surface area contributed by atoms with Gasteiger partial charge in [-0.25, -0.2) is 4.98 Å². The highest BCUT2D eigenvalue weighted by molar-refractivity contribution is 9.08. The maximum atomic E-state index is 8.96. The Bertz CT molecular complexity index is 526. The first kappa shape index (κ1) is 10.8. The molecular weight excluding hydrogens is 264 g/mol. The molecule has 2 aromatic rings. The van der Waals surface area contributed by atoms with Gasteiger partial charge in [0, 0.05) is 17.1 Å². The fraction of sp³-hybridized carbons (Fsp3) is 0.0769. The number of rotatable bonds is 2. The maximum Gasteiger partial charge on any atom is 0.148 e. The van der Waals surface area contributed by atoms with Gasteiger partial charge in [-0.1, -0.05) is 40.2 Å².